The standard InChI is InChI=1S/C19H22N4O3/c1-3-11-20-17(25)13(2)23-12-10-19(9-8-16(23)24)21-15-7-5-4-6-14(15)18(26)22-19/h1,4-7,13,21H,8-12H2,2H3,(H,20,25)(H,22,26). The molecule has 7 heteroatoms. The number of carbonyl (C=O) groups is 3. The third kappa shape index (κ3) is 3.36. The van der Waals surface area contributed by atoms with Crippen LogP contribution in [0.15, 0.2) is 24.3 Å². The maximum absolute atomic E-state index is 12.6. The third-order valence-corrected chi connectivity index (χ3v) is 4.98. The number of benzene rings is 1. The zero-order valence-electron chi connectivity index (χ0n) is 14.7. The van der Waals surface area contributed by atoms with Crippen molar-refractivity contribution in [1.82, 2.24) is 15.5 Å². The second kappa shape index (κ2) is 7.08. The number of carbonyl (C=O) groups excluding carboxylic acids is 3. The summed E-state index contributed by atoms with van der Waals surface area (Å²) in [5, 5.41) is 9.01. The van der Waals surface area contributed by atoms with Gasteiger partial charge in [-0.2, -0.15) is 0 Å². The molecule has 1 aromatic carbocycles. The zero-order valence-corrected chi connectivity index (χ0v) is 14.7. The number of nitrogens with zero attached hydrogens (tertiary/aromatic N) is 1. The first-order valence-corrected chi connectivity index (χ1v) is 8.66. The largest absolute Gasteiger partial charge is 0.362 e. The van der Waals surface area contributed by atoms with Crippen molar-refractivity contribution in [3.05, 3.63) is 29.8 Å². The van der Waals surface area contributed by atoms with Gasteiger partial charge >= 0.3 is 0 Å². The van der Waals surface area contributed by atoms with E-state index in [0.29, 0.717) is 24.9 Å². The molecule has 0 aromatic heterocycles. The minimum Gasteiger partial charge on any atom is -0.362 e. The van der Waals surface area contributed by atoms with Crippen LogP contribution in [0.1, 0.15) is 36.5 Å². The molecule has 2 aliphatic rings. The molecular weight excluding hydrogens is 332 g/mol. The molecule has 7 nitrogen and oxygen atoms in total. The van der Waals surface area contributed by atoms with Gasteiger partial charge in [0, 0.05) is 25.1 Å². The number of rotatable bonds is 3. The monoisotopic (exact) mass is 354 g/mol. The molecule has 3 amide bonds. The molecule has 0 saturated carbocycles. The van der Waals surface area contributed by atoms with Crippen LogP contribution in [0.5, 0.6) is 0 Å². The number of amides is 3. The highest BCUT2D eigenvalue weighted by atomic mass is 16.2. The summed E-state index contributed by atoms with van der Waals surface area (Å²) in [5.74, 6) is 1.80. The molecule has 2 atom stereocenters. The lowest BCUT2D eigenvalue weighted by Crippen LogP contribution is -2.58. The Morgan fingerprint density at radius 3 is 2.88 bits per heavy atom. The van der Waals surface area contributed by atoms with Gasteiger partial charge < -0.3 is 20.9 Å². The first-order chi connectivity index (χ1) is 12.5. The fraction of sp³-hybridized carbons (Fsp3) is 0.421. The van der Waals surface area contributed by atoms with E-state index in [9.17, 15) is 14.4 Å². The Morgan fingerprint density at radius 2 is 2.12 bits per heavy atom. The van der Waals surface area contributed by atoms with E-state index in [1.807, 2.05) is 18.2 Å². The van der Waals surface area contributed by atoms with E-state index >= 15 is 0 Å². The predicted octanol–water partition coefficient (Wildman–Crippen LogP) is 0.689. The van der Waals surface area contributed by atoms with Gasteiger partial charge in [-0.3, -0.25) is 14.4 Å². The quantitative estimate of drug-likeness (QED) is 0.697. The van der Waals surface area contributed by atoms with E-state index in [1.54, 1.807) is 17.9 Å². The molecule has 1 saturated heterocycles. The summed E-state index contributed by atoms with van der Waals surface area (Å²) < 4.78 is 0. The second-order valence-corrected chi connectivity index (χ2v) is 6.64. The van der Waals surface area contributed by atoms with Crippen LogP contribution in [0.25, 0.3) is 0 Å². The molecule has 0 bridgehead atoms. The van der Waals surface area contributed by atoms with Gasteiger partial charge in [0.05, 0.1) is 12.1 Å². The van der Waals surface area contributed by atoms with Gasteiger partial charge in [-0.25, -0.2) is 0 Å². The molecule has 26 heavy (non-hydrogen) atoms. The maximum Gasteiger partial charge on any atom is 0.255 e. The van der Waals surface area contributed by atoms with E-state index in [2.05, 4.69) is 21.9 Å². The first kappa shape index (κ1) is 17.8. The molecule has 2 aliphatic heterocycles. The fourth-order valence-electron chi connectivity index (χ4n) is 3.48. The predicted molar refractivity (Wildman–Crippen MR) is 97.1 cm³/mol. The van der Waals surface area contributed by atoms with Gasteiger partial charge in [-0.1, -0.05) is 18.1 Å². The van der Waals surface area contributed by atoms with Gasteiger partial charge in [0.1, 0.15) is 11.7 Å². The van der Waals surface area contributed by atoms with Crippen LogP contribution >= 0.6 is 0 Å². The van der Waals surface area contributed by atoms with Crippen LogP contribution < -0.4 is 16.0 Å². The topological polar surface area (TPSA) is 90.5 Å². The van der Waals surface area contributed by atoms with Crippen molar-refractivity contribution < 1.29 is 14.4 Å². The molecule has 3 N–H and O–H groups in total. The molecule has 1 fully saturated rings. The van der Waals surface area contributed by atoms with Crippen LogP contribution in [0.3, 0.4) is 0 Å². The summed E-state index contributed by atoms with van der Waals surface area (Å²) in [6.45, 7) is 2.17. The minimum absolute atomic E-state index is 0.111. The lowest BCUT2D eigenvalue weighted by atomic mass is 9.95. The summed E-state index contributed by atoms with van der Waals surface area (Å²) >= 11 is 0. The Kier molecular flexibility index (Phi) is 4.85. The van der Waals surface area contributed by atoms with E-state index in [0.717, 1.165) is 5.69 Å². The lowest BCUT2D eigenvalue weighted by molar-refractivity contribution is -0.139. The average Bonchev–Trinajstić information content (AvgIpc) is 2.79. The van der Waals surface area contributed by atoms with Crippen LogP contribution in [0, 0.1) is 12.3 Å². The Hall–Kier alpha value is -3.01. The number of likely N-dealkylation sites (tertiary alicyclic amines) is 1. The Bertz CT molecular complexity index is 785. The van der Waals surface area contributed by atoms with Crippen molar-refractivity contribution in [3.63, 3.8) is 0 Å². The number of hydrogen-bond acceptors (Lipinski definition) is 4. The number of terminal acetylenes is 1. The average molecular weight is 354 g/mol. The third-order valence-electron chi connectivity index (χ3n) is 4.98. The van der Waals surface area contributed by atoms with Crippen molar-refractivity contribution >= 4 is 23.4 Å². The van der Waals surface area contributed by atoms with E-state index in [4.69, 9.17) is 6.42 Å². The van der Waals surface area contributed by atoms with Crippen LogP contribution in [0.4, 0.5) is 5.69 Å². The second-order valence-electron chi connectivity index (χ2n) is 6.64. The molecule has 1 spiro atoms. The maximum atomic E-state index is 12.6. The highest BCUT2D eigenvalue weighted by molar-refractivity contribution is 6.02. The van der Waals surface area contributed by atoms with Crippen molar-refractivity contribution in [2.75, 3.05) is 18.4 Å². The summed E-state index contributed by atoms with van der Waals surface area (Å²) in [6, 6.07) is 6.68. The van der Waals surface area contributed by atoms with Crippen LogP contribution in [0.2, 0.25) is 0 Å². The van der Waals surface area contributed by atoms with Crippen molar-refractivity contribution in [3.8, 4) is 12.3 Å². The normalized spacial score (nSPS) is 23.2. The molecule has 2 heterocycles. The molecule has 0 radical (unpaired) electrons. The number of fused-ring (bicyclic) bond motifs is 1. The highest BCUT2D eigenvalue weighted by Crippen LogP contribution is 2.31. The Balaban J connectivity index is 1.76. The zero-order chi connectivity index (χ0) is 18.7. The Labute approximate surface area is 152 Å². The number of nitrogens with one attached hydrogen (secondary N) is 3. The van der Waals surface area contributed by atoms with Crippen molar-refractivity contribution in [2.24, 2.45) is 0 Å². The van der Waals surface area contributed by atoms with Crippen LogP contribution in [-0.4, -0.2) is 47.4 Å². The van der Waals surface area contributed by atoms with Crippen LogP contribution in [-0.2, 0) is 9.59 Å². The van der Waals surface area contributed by atoms with Gasteiger partial charge in [-0.05, 0) is 25.5 Å². The molecule has 136 valence electrons. The number of anilines is 1. The van der Waals surface area contributed by atoms with E-state index in [1.165, 1.54) is 0 Å². The Morgan fingerprint density at radius 1 is 1.35 bits per heavy atom. The number of hydrogen-bond donors (Lipinski definition) is 3. The molecule has 3 rings (SSSR count). The van der Waals surface area contributed by atoms with Gasteiger partial charge in [0.2, 0.25) is 11.8 Å². The smallest absolute Gasteiger partial charge is 0.255 e. The summed E-state index contributed by atoms with van der Waals surface area (Å²) in [5.41, 5.74) is 0.662. The summed E-state index contributed by atoms with van der Waals surface area (Å²) in [7, 11) is 0. The SMILES string of the molecule is C#CCNC(=O)C(C)N1CCC2(CCC1=O)NC(=O)c1ccccc1N2. The number of para-hydroxylation sites is 1. The lowest BCUT2D eigenvalue weighted by Gasteiger charge is -2.40. The molecule has 1 aromatic rings. The first-order valence-electron chi connectivity index (χ1n) is 8.66. The van der Waals surface area contributed by atoms with Gasteiger partial charge in [0.15, 0.2) is 0 Å². The minimum atomic E-state index is -0.690. The highest BCUT2D eigenvalue weighted by Gasteiger charge is 2.41. The van der Waals surface area contributed by atoms with E-state index in [-0.39, 0.29) is 30.7 Å². The fourth-order valence-corrected chi connectivity index (χ4v) is 3.48. The van der Waals surface area contributed by atoms with E-state index < -0.39 is 11.7 Å². The summed E-state index contributed by atoms with van der Waals surface area (Å²) in [6.07, 6.45) is 6.36. The van der Waals surface area contributed by atoms with Crippen molar-refractivity contribution in [2.45, 2.75) is 37.9 Å². The molecular formula is C19H22N4O3. The molecule has 2 unspecified atom stereocenters. The van der Waals surface area contributed by atoms with Gasteiger partial charge in [-0.15, -0.1) is 6.42 Å². The summed E-state index contributed by atoms with van der Waals surface area (Å²) in [4.78, 5) is 38.7. The van der Waals surface area contributed by atoms with Gasteiger partial charge in [0.25, 0.3) is 5.91 Å². The van der Waals surface area contributed by atoms with Crippen molar-refractivity contribution in [1.29, 1.82) is 0 Å². The molecule has 0 aliphatic carbocycles.